The molecule has 0 saturated carbocycles. The Hall–Kier alpha value is -2.66. The number of hydrogen-bond acceptors (Lipinski definition) is 5. The maximum atomic E-state index is 6.11. The molecule has 0 amide bonds. The van der Waals surface area contributed by atoms with Crippen molar-refractivity contribution < 1.29 is 0 Å². The standard InChI is InChI=1S/C19H18ClN5/c20-14-5-3-4-13(12-14)17-24-18(16-8-11-23-19(16)25-17)22-10-7-15-6-1-2-9-21-15/h1-6,9,12H,7-8,10-11H2,(H2,22,23,24,25). The van der Waals surface area contributed by atoms with Crippen molar-refractivity contribution in [1.29, 1.82) is 0 Å². The van der Waals surface area contributed by atoms with Gasteiger partial charge in [-0.1, -0.05) is 29.8 Å². The van der Waals surface area contributed by atoms with E-state index in [0.29, 0.717) is 10.8 Å². The van der Waals surface area contributed by atoms with E-state index in [9.17, 15) is 0 Å². The molecule has 1 aliphatic heterocycles. The van der Waals surface area contributed by atoms with Crippen LogP contribution in [0.15, 0.2) is 48.7 Å². The predicted octanol–water partition coefficient (Wildman–Crippen LogP) is 3.81. The summed E-state index contributed by atoms with van der Waals surface area (Å²) >= 11 is 6.11. The number of fused-ring (bicyclic) bond motifs is 1. The van der Waals surface area contributed by atoms with E-state index in [1.165, 1.54) is 0 Å². The van der Waals surface area contributed by atoms with Crippen molar-refractivity contribution in [2.24, 2.45) is 0 Å². The molecule has 1 aromatic carbocycles. The third kappa shape index (κ3) is 3.56. The summed E-state index contributed by atoms with van der Waals surface area (Å²) in [5, 5.41) is 7.47. The second-order valence-electron chi connectivity index (χ2n) is 5.91. The Morgan fingerprint density at radius 2 is 2.08 bits per heavy atom. The maximum absolute atomic E-state index is 6.11. The molecular weight excluding hydrogens is 334 g/mol. The molecule has 2 aromatic heterocycles. The highest BCUT2D eigenvalue weighted by Gasteiger charge is 2.19. The fourth-order valence-corrected chi connectivity index (χ4v) is 3.12. The summed E-state index contributed by atoms with van der Waals surface area (Å²) in [6.07, 6.45) is 3.59. The number of nitrogens with one attached hydrogen (secondary N) is 2. The minimum absolute atomic E-state index is 0.677. The van der Waals surface area contributed by atoms with Crippen LogP contribution in [0.5, 0.6) is 0 Å². The van der Waals surface area contributed by atoms with Crippen LogP contribution in [0, 0.1) is 0 Å². The Labute approximate surface area is 151 Å². The van der Waals surface area contributed by atoms with Crippen LogP contribution in [0.2, 0.25) is 5.02 Å². The largest absolute Gasteiger partial charge is 0.369 e. The van der Waals surface area contributed by atoms with E-state index < -0.39 is 0 Å². The van der Waals surface area contributed by atoms with Crippen molar-refractivity contribution in [3.8, 4) is 11.4 Å². The lowest BCUT2D eigenvalue weighted by Gasteiger charge is -2.12. The fourth-order valence-electron chi connectivity index (χ4n) is 2.93. The van der Waals surface area contributed by atoms with Crippen LogP contribution in [0.3, 0.4) is 0 Å². The van der Waals surface area contributed by atoms with Gasteiger partial charge in [-0.05, 0) is 30.7 Å². The Balaban J connectivity index is 1.58. The maximum Gasteiger partial charge on any atom is 0.163 e. The van der Waals surface area contributed by atoms with E-state index >= 15 is 0 Å². The number of anilines is 2. The highest BCUT2D eigenvalue weighted by atomic mass is 35.5. The van der Waals surface area contributed by atoms with Crippen LogP contribution in [0.25, 0.3) is 11.4 Å². The number of halogens is 1. The molecular formula is C19H18ClN5. The van der Waals surface area contributed by atoms with Gasteiger partial charge in [-0.2, -0.15) is 0 Å². The van der Waals surface area contributed by atoms with Gasteiger partial charge in [0.1, 0.15) is 11.6 Å². The molecule has 0 radical (unpaired) electrons. The number of rotatable bonds is 5. The summed E-state index contributed by atoms with van der Waals surface area (Å²) in [6, 6.07) is 13.6. The van der Waals surface area contributed by atoms with Crippen LogP contribution >= 0.6 is 11.6 Å². The molecule has 0 aliphatic carbocycles. The number of hydrogen-bond donors (Lipinski definition) is 2. The molecule has 0 fully saturated rings. The van der Waals surface area contributed by atoms with E-state index in [4.69, 9.17) is 16.6 Å². The Morgan fingerprint density at radius 3 is 2.92 bits per heavy atom. The van der Waals surface area contributed by atoms with Gasteiger partial charge in [0.15, 0.2) is 5.82 Å². The molecule has 0 atom stereocenters. The first kappa shape index (κ1) is 15.8. The zero-order valence-electron chi connectivity index (χ0n) is 13.7. The minimum Gasteiger partial charge on any atom is -0.369 e. The lowest BCUT2D eigenvalue weighted by Crippen LogP contribution is -2.10. The highest BCUT2D eigenvalue weighted by Crippen LogP contribution is 2.30. The zero-order chi connectivity index (χ0) is 17.1. The van der Waals surface area contributed by atoms with Crippen molar-refractivity contribution in [3.05, 3.63) is 64.9 Å². The molecule has 0 spiro atoms. The first-order chi connectivity index (χ1) is 12.3. The number of pyridine rings is 1. The zero-order valence-corrected chi connectivity index (χ0v) is 14.4. The van der Waals surface area contributed by atoms with Gasteiger partial charge in [0.05, 0.1) is 0 Å². The van der Waals surface area contributed by atoms with Crippen LogP contribution in [0.1, 0.15) is 11.3 Å². The summed E-state index contributed by atoms with van der Waals surface area (Å²) < 4.78 is 0. The van der Waals surface area contributed by atoms with Gasteiger partial charge in [0.25, 0.3) is 0 Å². The summed E-state index contributed by atoms with van der Waals surface area (Å²) in [6.45, 7) is 1.66. The molecule has 0 bridgehead atoms. The van der Waals surface area contributed by atoms with Crippen molar-refractivity contribution in [1.82, 2.24) is 15.0 Å². The Kier molecular flexibility index (Phi) is 4.48. The minimum atomic E-state index is 0.677. The summed E-state index contributed by atoms with van der Waals surface area (Å²) in [5.74, 6) is 2.47. The average molecular weight is 352 g/mol. The molecule has 25 heavy (non-hydrogen) atoms. The van der Waals surface area contributed by atoms with Gasteiger partial charge >= 0.3 is 0 Å². The van der Waals surface area contributed by atoms with Gasteiger partial charge in [0, 0.05) is 47.6 Å². The van der Waals surface area contributed by atoms with Crippen LogP contribution in [-0.2, 0) is 12.8 Å². The van der Waals surface area contributed by atoms with E-state index in [-0.39, 0.29) is 0 Å². The third-order valence-electron chi connectivity index (χ3n) is 4.16. The number of aromatic nitrogens is 3. The fraction of sp³-hybridized carbons (Fsp3) is 0.211. The van der Waals surface area contributed by atoms with Crippen LogP contribution < -0.4 is 10.6 Å². The summed E-state index contributed by atoms with van der Waals surface area (Å²) in [5.41, 5.74) is 3.12. The molecule has 2 N–H and O–H groups in total. The topological polar surface area (TPSA) is 62.7 Å². The molecule has 0 unspecified atom stereocenters. The van der Waals surface area contributed by atoms with Crippen molar-refractivity contribution in [2.75, 3.05) is 23.7 Å². The first-order valence-corrected chi connectivity index (χ1v) is 8.72. The van der Waals surface area contributed by atoms with Crippen molar-refractivity contribution in [2.45, 2.75) is 12.8 Å². The molecule has 0 saturated heterocycles. The highest BCUT2D eigenvalue weighted by molar-refractivity contribution is 6.30. The average Bonchev–Trinajstić information content (AvgIpc) is 3.11. The number of benzene rings is 1. The van der Waals surface area contributed by atoms with E-state index in [1.54, 1.807) is 0 Å². The molecule has 5 nitrogen and oxygen atoms in total. The van der Waals surface area contributed by atoms with Crippen LogP contribution in [0.4, 0.5) is 11.6 Å². The van der Waals surface area contributed by atoms with E-state index in [1.807, 2.05) is 48.7 Å². The lowest BCUT2D eigenvalue weighted by atomic mass is 10.2. The quantitative estimate of drug-likeness (QED) is 0.731. The Bertz CT molecular complexity index is 882. The molecule has 4 rings (SSSR count). The van der Waals surface area contributed by atoms with Gasteiger partial charge in [-0.15, -0.1) is 0 Å². The predicted molar refractivity (Wildman–Crippen MR) is 101 cm³/mol. The van der Waals surface area contributed by atoms with Crippen molar-refractivity contribution >= 4 is 23.2 Å². The molecule has 3 heterocycles. The smallest absolute Gasteiger partial charge is 0.163 e. The van der Waals surface area contributed by atoms with Gasteiger partial charge < -0.3 is 10.6 Å². The van der Waals surface area contributed by atoms with E-state index in [0.717, 1.165) is 54.4 Å². The second-order valence-corrected chi connectivity index (χ2v) is 6.34. The van der Waals surface area contributed by atoms with Crippen LogP contribution in [-0.4, -0.2) is 28.0 Å². The molecule has 6 heteroatoms. The molecule has 3 aromatic rings. The molecule has 1 aliphatic rings. The molecule has 126 valence electrons. The van der Waals surface area contributed by atoms with Crippen molar-refractivity contribution in [3.63, 3.8) is 0 Å². The normalized spacial score (nSPS) is 12.5. The summed E-state index contributed by atoms with van der Waals surface area (Å²) in [4.78, 5) is 13.8. The second kappa shape index (κ2) is 7.07. The van der Waals surface area contributed by atoms with Gasteiger partial charge in [-0.3, -0.25) is 4.98 Å². The summed E-state index contributed by atoms with van der Waals surface area (Å²) in [7, 11) is 0. The monoisotopic (exact) mass is 351 g/mol. The SMILES string of the molecule is Clc1cccc(-c2nc(NCCc3ccccn3)c3c(n2)NCC3)c1. The van der Waals surface area contributed by atoms with E-state index in [2.05, 4.69) is 20.6 Å². The van der Waals surface area contributed by atoms with Gasteiger partial charge in [0.2, 0.25) is 0 Å². The van der Waals surface area contributed by atoms with Gasteiger partial charge in [-0.25, -0.2) is 9.97 Å². The number of nitrogens with zero attached hydrogens (tertiary/aromatic N) is 3. The lowest BCUT2D eigenvalue weighted by molar-refractivity contribution is 0.946. The first-order valence-electron chi connectivity index (χ1n) is 8.34. The Morgan fingerprint density at radius 1 is 1.12 bits per heavy atom. The third-order valence-corrected chi connectivity index (χ3v) is 4.39.